The van der Waals surface area contributed by atoms with Crippen LogP contribution in [0.1, 0.15) is 0 Å². The number of methoxy groups -OCH3 is 2. The van der Waals surface area contributed by atoms with E-state index in [-0.39, 0.29) is 11.2 Å². The second-order valence-corrected chi connectivity index (χ2v) is 8.74. The summed E-state index contributed by atoms with van der Waals surface area (Å²) in [5.74, 6) is 1.46. The molecule has 5 rings (SSSR count). The van der Waals surface area contributed by atoms with Crippen LogP contribution in [0, 0.1) is 0 Å². The molecule has 0 radical (unpaired) electrons. The van der Waals surface area contributed by atoms with Crippen molar-refractivity contribution >= 4 is 16.7 Å². The highest BCUT2D eigenvalue weighted by molar-refractivity contribution is 5.89. The van der Waals surface area contributed by atoms with Crippen LogP contribution in [0.5, 0.6) is 17.2 Å². The first-order chi connectivity index (χ1) is 17.0. The first kappa shape index (κ1) is 22.8. The lowest BCUT2D eigenvalue weighted by molar-refractivity contribution is 0.313. The lowest BCUT2D eigenvalue weighted by Crippen LogP contribution is -2.44. The summed E-state index contributed by atoms with van der Waals surface area (Å²) in [4.78, 5) is 17.8. The first-order valence-electron chi connectivity index (χ1n) is 11.5. The Hall–Kier alpha value is -3.97. The van der Waals surface area contributed by atoms with Crippen molar-refractivity contribution in [3.8, 4) is 39.7 Å². The molecular weight excluding hydrogens is 444 g/mol. The molecule has 0 unspecified atom stereocenters. The summed E-state index contributed by atoms with van der Waals surface area (Å²) in [6.45, 7) is 4.05. The van der Waals surface area contributed by atoms with Gasteiger partial charge >= 0.3 is 0 Å². The van der Waals surface area contributed by atoms with Gasteiger partial charge in [-0.3, -0.25) is 4.79 Å². The van der Waals surface area contributed by atoms with Crippen LogP contribution in [0.3, 0.4) is 0 Å². The molecule has 7 nitrogen and oxygen atoms in total. The predicted octanol–water partition coefficient (Wildman–Crippen LogP) is 4.60. The van der Waals surface area contributed by atoms with E-state index in [2.05, 4.69) is 29.0 Å². The molecule has 0 saturated carbocycles. The summed E-state index contributed by atoms with van der Waals surface area (Å²) in [7, 11) is 5.19. The van der Waals surface area contributed by atoms with Gasteiger partial charge in [0.25, 0.3) is 0 Å². The molecule has 2 heterocycles. The number of fused-ring (bicyclic) bond motifs is 1. The summed E-state index contributed by atoms with van der Waals surface area (Å²) in [5, 5.41) is 10.6. The van der Waals surface area contributed by atoms with Crippen molar-refractivity contribution in [2.24, 2.45) is 0 Å². The second kappa shape index (κ2) is 9.35. The SMILES string of the molecule is COc1cc(OC)c2c(=O)cc(-c3ccc(O)cc3-c3ccc(N4CCN(C)CC4)cc3)oc2c1. The number of benzene rings is 3. The summed E-state index contributed by atoms with van der Waals surface area (Å²) in [6, 6.07) is 18.1. The highest BCUT2D eigenvalue weighted by Gasteiger charge is 2.18. The van der Waals surface area contributed by atoms with E-state index in [0.717, 1.165) is 37.3 Å². The van der Waals surface area contributed by atoms with Gasteiger partial charge in [0.2, 0.25) is 0 Å². The zero-order valence-electron chi connectivity index (χ0n) is 20.1. The van der Waals surface area contributed by atoms with E-state index in [1.807, 2.05) is 12.1 Å². The zero-order valence-corrected chi connectivity index (χ0v) is 20.1. The summed E-state index contributed by atoms with van der Waals surface area (Å²) < 4.78 is 16.9. The van der Waals surface area contributed by atoms with Gasteiger partial charge in [0.05, 0.1) is 14.2 Å². The van der Waals surface area contributed by atoms with Crippen molar-refractivity contribution in [2.45, 2.75) is 0 Å². The van der Waals surface area contributed by atoms with E-state index in [9.17, 15) is 9.90 Å². The Morgan fingerprint density at radius 2 is 1.60 bits per heavy atom. The molecule has 0 atom stereocenters. The predicted molar refractivity (Wildman–Crippen MR) is 138 cm³/mol. The van der Waals surface area contributed by atoms with Crippen LogP contribution in [0.4, 0.5) is 5.69 Å². The Bertz CT molecular complexity index is 1420. The van der Waals surface area contributed by atoms with Crippen LogP contribution in [-0.2, 0) is 0 Å². The molecule has 1 fully saturated rings. The summed E-state index contributed by atoms with van der Waals surface area (Å²) in [6.07, 6.45) is 0. The zero-order chi connectivity index (χ0) is 24.5. The third-order valence-corrected chi connectivity index (χ3v) is 6.54. The van der Waals surface area contributed by atoms with Crippen LogP contribution in [0.2, 0.25) is 0 Å². The molecule has 7 heteroatoms. The van der Waals surface area contributed by atoms with Crippen molar-refractivity contribution in [3.05, 3.63) is 70.9 Å². The van der Waals surface area contributed by atoms with Crippen molar-refractivity contribution < 1.29 is 19.0 Å². The van der Waals surface area contributed by atoms with Gasteiger partial charge in [0.1, 0.15) is 34.0 Å². The molecule has 180 valence electrons. The number of likely N-dealkylation sites (N-methyl/N-ethyl adjacent to an activating group) is 1. The average Bonchev–Trinajstić information content (AvgIpc) is 2.88. The maximum absolute atomic E-state index is 13.1. The molecule has 0 spiro atoms. The maximum atomic E-state index is 13.1. The lowest BCUT2D eigenvalue weighted by Gasteiger charge is -2.34. The highest BCUT2D eigenvalue weighted by Crippen LogP contribution is 2.37. The number of rotatable bonds is 5. The number of hydrogen-bond donors (Lipinski definition) is 1. The Labute approximate surface area is 203 Å². The van der Waals surface area contributed by atoms with Crippen LogP contribution in [0.15, 0.2) is 69.9 Å². The number of anilines is 1. The fraction of sp³-hybridized carbons (Fsp3) is 0.250. The fourth-order valence-electron chi connectivity index (χ4n) is 4.54. The normalized spacial score (nSPS) is 14.3. The molecule has 35 heavy (non-hydrogen) atoms. The Balaban J connectivity index is 1.58. The number of aromatic hydroxyl groups is 1. The van der Waals surface area contributed by atoms with Gasteiger partial charge in [-0.15, -0.1) is 0 Å². The van der Waals surface area contributed by atoms with Crippen molar-refractivity contribution in [2.75, 3.05) is 52.3 Å². The fourth-order valence-corrected chi connectivity index (χ4v) is 4.54. The Morgan fingerprint density at radius 1 is 0.857 bits per heavy atom. The van der Waals surface area contributed by atoms with Crippen molar-refractivity contribution in [1.82, 2.24) is 4.90 Å². The van der Waals surface area contributed by atoms with Crippen LogP contribution < -0.4 is 19.8 Å². The minimum Gasteiger partial charge on any atom is -0.508 e. The Kier molecular flexibility index (Phi) is 6.09. The molecule has 1 N–H and O–H groups in total. The standard InChI is InChI=1S/C28H28N2O5/c1-29-10-12-30(13-11-29)19-6-4-18(5-7-19)23-14-20(31)8-9-22(23)25-17-24(32)28-26(34-3)15-21(33-2)16-27(28)35-25/h4-9,14-17,31H,10-13H2,1-3H3. The molecule has 1 aromatic heterocycles. The van der Waals surface area contributed by atoms with Gasteiger partial charge in [0, 0.05) is 55.6 Å². The number of piperazine rings is 1. The molecule has 1 aliphatic rings. The number of phenolic OH excluding ortho intramolecular Hbond substituents is 1. The highest BCUT2D eigenvalue weighted by atomic mass is 16.5. The molecule has 4 aromatic rings. The molecular formula is C28H28N2O5. The van der Waals surface area contributed by atoms with E-state index in [0.29, 0.717) is 33.8 Å². The van der Waals surface area contributed by atoms with Gasteiger partial charge in [0.15, 0.2) is 5.43 Å². The molecule has 1 saturated heterocycles. The van der Waals surface area contributed by atoms with Gasteiger partial charge in [-0.25, -0.2) is 0 Å². The van der Waals surface area contributed by atoms with E-state index >= 15 is 0 Å². The van der Waals surface area contributed by atoms with E-state index in [4.69, 9.17) is 13.9 Å². The third-order valence-electron chi connectivity index (χ3n) is 6.54. The third kappa shape index (κ3) is 4.42. The molecule has 3 aromatic carbocycles. The summed E-state index contributed by atoms with van der Waals surface area (Å²) in [5.41, 5.74) is 3.71. The number of phenols is 1. The van der Waals surface area contributed by atoms with Crippen LogP contribution in [0.25, 0.3) is 33.4 Å². The summed E-state index contributed by atoms with van der Waals surface area (Å²) >= 11 is 0. The minimum absolute atomic E-state index is 0.137. The molecule has 1 aliphatic heterocycles. The monoisotopic (exact) mass is 472 g/mol. The minimum atomic E-state index is -0.217. The largest absolute Gasteiger partial charge is 0.508 e. The van der Waals surface area contributed by atoms with Gasteiger partial charge in [-0.1, -0.05) is 12.1 Å². The quantitative estimate of drug-likeness (QED) is 0.455. The first-order valence-corrected chi connectivity index (χ1v) is 11.5. The number of nitrogens with zero attached hydrogens (tertiary/aromatic N) is 2. The van der Waals surface area contributed by atoms with Gasteiger partial charge < -0.3 is 28.8 Å². The van der Waals surface area contributed by atoms with Crippen molar-refractivity contribution in [1.29, 1.82) is 0 Å². The lowest BCUT2D eigenvalue weighted by atomic mass is 9.97. The van der Waals surface area contributed by atoms with Crippen LogP contribution in [-0.4, -0.2) is 57.5 Å². The Morgan fingerprint density at radius 3 is 2.29 bits per heavy atom. The maximum Gasteiger partial charge on any atom is 0.197 e. The van der Waals surface area contributed by atoms with Gasteiger partial charge in [-0.05, 0) is 48.5 Å². The topological polar surface area (TPSA) is 75.4 Å². The van der Waals surface area contributed by atoms with E-state index in [1.54, 1.807) is 37.4 Å². The molecule has 0 amide bonds. The smallest absolute Gasteiger partial charge is 0.197 e. The van der Waals surface area contributed by atoms with Crippen LogP contribution >= 0.6 is 0 Å². The number of hydrogen-bond acceptors (Lipinski definition) is 7. The molecule has 0 aliphatic carbocycles. The van der Waals surface area contributed by atoms with Crippen molar-refractivity contribution in [3.63, 3.8) is 0 Å². The van der Waals surface area contributed by atoms with E-state index in [1.165, 1.54) is 18.9 Å². The molecule has 0 bridgehead atoms. The van der Waals surface area contributed by atoms with Gasteiger partial charge in [-0.2, -0.15) is 0 Å². The number of ether oxygens (including phenoxy) is 2. The second-order valence-electron chi connectivity index (χ2n) is 8.74. The van der Waals surface area contributed by atoms with E-state index < -0.39 is 0 Å². The average molecular weight is 473 g/mol.